The third kappa shape index (κ3) is 22.4. The maximum atomic E-state index is 9.10. The number of hydrogen-bond acceptors (Lipinski definition) is 4. The largest absolute Gasteiger partial charge is 0.473 e. The van der Waals surface area contributed by atoms with Crippen LogP contribution >= 0.6 is 0 Å². The summed E-state index contributed by atoms with van der Waals surface area (Å²) in [7, 11) is 0. The Balaban J connectivity index is -0.0000000625. The van der Waals surface area contributed by atoms with Crippen molar-refractivity contribution in [1.82, 2.24) is 0 Å². The van der Waals surface area contributed by atoms with Crippen LogP contribution in [0.5, 0.6) is 0 Å². The summed E-state index contributed by atoms with van der Waals surface area (Å²) in [5.41, 5.74) is 0. The second kappa shape index (κ2) is 12.0. The summed E-state index contributed by atoms with van der Waals surface area (Å²) in [5, 5.41) is 29.6. The van der Waals surface area contributed by atoms with E-state index in [9.17, 15) is 0 Å². The zero-order chi connectivity index (χ0) is 10.3. The monoisotopic (exact) mass is 302 g/mol. The first-order valence-electron chi connectivity index (χ1n) is 2.21. The van der Waals surface area contributed by atoms with E-state index in [-0.39, 0.29) is 36.0 Å². The van der Waals surface area contributed by atoms with Gasteiger partial charge in [-0.1, -0.05) is 0 Å². The molecule has 0 amide bonds. The van der Waals surface area contributed by atoms with Crippen molar-refractivity contribution in [3.8, 4) is 0 Å². The molecule has 0 aliphatic rings. The molecule has 0 heterocycles. The number of aliphatic carboxylic acids is 4. The predicted molar refractivity (Wildman–Crippen MR) is 30.5 cm³/mol. The van der Waals surface area contributed by atoms with Gasteiger partial charge < -0.3 is 20.4 Å². The van der Waals surface area contributed by atoms with E-state index in [2.05, 4.69) is 0 Å². The molecule has 0 aromatic carbocycles. The molecular weight excluding hydrogens is 300 g/mol. The molecular formula is C4H4NiO8Zn. The van der Waals surface area contributed by atoms with Crippen LogP contribution in [0.25, 0.3) is 0 Å². The summed E-state index contributed by atoms with van der Waals surface area (Å²) in [5.74, 6) is -7.30. The van der Waals surface area contributed by atoms with E-state index >= 15 is 0 Å². The number of rotatable bonds is 0. The molecule has 10 heteroatoms. The van der Waals surface area contributed by atoms with Crippen LogP contribution in [0, 0.1) is 0 Å². The predicted octanol–water partition coefficient (Wildman–Crippen LogP) is -1.69. The van der Waals surface area contributed by atoms with E-state index in [4.69, 9.17) is 39.6 Å². The van der Waals surface area contributed by atoms with Crippen molar-refractivity contribution in [2.24, 2.45) is 0 Å². The van der Waals surface area contributed by atoms with Gasteiger partial charge in [-0.3, -0.25) is 0 Å². The number of carboxylic acid groups (broad SMARTS) is 4. The van der Waals surface area contributed by atoms with Gasteiger partial charge in [0.2, 0.25) is 0 Å². The second-order valence-electron chi connectivity index (χ2n) is 1.22. The van der Waals surface area contributed by atoms with Crippen LogP contribution in [-0.4, -0.2) is 44.3 Å². The van der Waals surface area contributed by atoms with Crippen molar-refractivity contribution < 1.29 is 75.6 Å². The Morgan fingerprint density at radius 1 is 0.571 bits per heavy atom. The third-order valence-corrected chi connectivity index (χ3v) is 0.366. The van der Waals surface area contributed by atoms with E-state index in [0.29, 0.717) is 0 Å². The SMILES string of the molecule is O=C(O)C(=O)O.O=C(O)C(=O)O.[Ni].[Zn]. The average Bonchev–Trinajstić information content (AvgIpc) is 1.88. The Morgan fingerprint density at radius 3 is 0.643 bits per heavy atom. The zero-order valence-electron chi connectivity index (χ0n) is 6.45. The fourth-order valence-electron chi connectivity index (χ4n) is 0. The van der Waals surface area contributed by atoms with Gasteiger partial charge in [0.05, 0.1) is 0 Å². The molecule has 0 rings (SSSR count). The topological polar surface area (TPSA) is 149 Å². The molecule has 4 N–H and O–H groups in total. The Kier molecular flexibility index (Phi) is 19.8. The maximum Gasteiger partial charge on any atom is 0.414 e. The molecule has 14 heavy (non-hydrogen) atoms. The van der Waals surface area contributed by atoms with Crippen LogP contribution in [0.3, 0.4) is 0 Å². The third-order valence-electron chi connectivity index (χ3n) is 0.366. The normalized spacial score (nSPS) is 6.29. The first-order valence-corrected chi connectivity index (χ1v) is 2.21. The first kappa shape index (κ1) is 23.1. The smallest absolute Gasteiger partial charge is 0.414 e. The average molecular weight is 304 g/mol. The van der Waals surface area contributed by atoms with Gasteiger partial charge in [0.25, 0.3) is 0 Å². The van der Waals surface area contributed by atoms with Crippen LogP contribution in [0.2, 0.25) is 0 Å². The molecule has 0 spiro atoms. The molecule has 0 aliphatic heterocycles. The molecule has 0 radical (unpaired) electrons. The molecule has 0 aromatic heterocycles. The summed E-state index contributed by atoms with van der Waals surface area (Å²) in [6, 6.07) is 0. The molecule has 0 aromatic rings. The second-order valence-corrected chi connectivity index (χ2v) is 1.22. The van der Waals surface area contributed by atoms with E-state index < -0.39 is 23.9 Å². The molecule has 0 atom stereocenters. The van der Waals surface area contributed by atoms with Gasteiger partial charge in [-0.25, -0.2) is 19.2 Å². The van der Waals surface area contributed by atoms with Crippen molar-refractivity contribution >= 4 is 23.9 Å². The minimum atomic E-state index is -1.82. The van der Waals surface area contributed by atoms with Crippen LogP contribution in [-0.2, 0) is 55.1 Å². The van der Waals surface area contributed by atoms with Gasteiger partial charge in [0.15, 0.2) is 0 Å². The fourth-order valence-corrected chi connectivity index (χ4v) is 0. The summed E-state index contributed by atoms with van der Waals surface area (Å²) in [6.07, 6.45) is 0. The van der Waals surface area contributed by atoms with Crippen molar-refractivity contribution in [1.29, 1.82) is 0 Å². The Bertz CT molecular complexity index is 177. The van der Waals surface area contributed by atoms with Gasteiger partial charge in [-0.05, 0) is 0 Å². The van der Waals surface area contributed by atoms with Gasteiger partial charge in [0.1, 0.15) is 0 Å². The number of carboxylic acids is 4. The summed E-state index contributed by atoms with van der Waals surface area (Å²) in [4.78, 5) is 36.4. The minimum absolute atomic E-state index is 0. The number of carbonyl (C=O) groups is 4. The molecule has 0 fully saturated rings. The molecule has 0 unspecified atom stereocenters. The molecule has 80 valence electrons. The zero-order valence-corrected chi connectivity index (χ0v) is 10.4. The molecule has 8 nitrogen and oxygen atoms in total. The number of hydrogen-bond donors (Lipinski definition) is 4. The van der Waals surface area contributed by atoms with Gasteiger partial charge >= 0.3 is 23.9 Å². The van der Waals surface area contributed by atoms with Crippen LogP contribution < -0.4 is 0 Å². The van der Waals surface area contributed by atoms with Gasteiger partial charge in [-0.2, -0.15) is 0 Å². The van der Waals surface area contributed by atoms with E-state index in [1.165, 1.54) is 0 Å². The van der Waals surface area contributed by atoms with Gasteiger partial charge in [-0.15, -0.1) is 0 Å². The van der Waals surface area contributed by atoms with Gasteiger partial charge in [0, 0.05) is 36.0 Å². The van der Waals surface area contributed by atoms with E-state index in [1.807, 2.05) is 0 Å². The van der Waals surface area contributed by atoms with Crippen LogP contribution in [0.4, 0.5) is 0 Å². The maximum absolute atomic E-state index is 9.10. The standard InChI is InChI=1S/2C2H2O4.Ni.Zn/c2*3-1(4)2(5)6;;/h2*(H,3,4)(H,5,6);;. The minimum Gasteiger partial charge on any atom is -0.473 e. The van der Waals surface area contributed by atoms with Crippen molar-refractivity contribution in [3.05, 3.63) is 0 Å². The van der Waals surface area contributed by atoms with E-state index in [1.54, 1.807) is 0 Å². The fraction of sp³-hybridized carbons (Fsp3) is 0. The van der Waals surface area contributed by atoms with Crippen molar-refractivity contribution in [3.63, 3.8) is 0 Å². The van der Waals surface area contributed by atoms with Crippen molar-refractivity contribution in [2.45, 2.75) is 0 Å². The van der Waals surface area contributed by atoms with E-state index in [0.717, 1.165) is 0 Å². The quantitative estimate of drug-likeness (QED) is 0.306. The Morgan fingerprint density at radius 2 is 0.643 bits per heavy atom. The Hall–Kier alpha value is -1.00. The Labute approximate surface area is 99.6 Å². The summed E-state index contributed by atoms with van der Waals surface area (Å²) in [6.45, 7) is 0. The molecule has 0 saturated carbocycles. The molecule has 0 bridgehead atoms. The summed E-state index contributed by atoms with van der Waals surface area (Å²) >= 11 is 0. The molecule has 0 saturated heterocycles. The van der Waals surface area contributed by atoms with Crippen LogP contribution in [0.15, 0.2) is 0 Å². The summed E-state index contributed by atoms with van der Waals surface area (Å²) < 4.78 is 0. The molecule has 0 aliphatic carbocycles. The first-order chi connectivity index (χ1) is 5.29. The van der Waals surface area contributed by atoms with Crippen LogP contribution in [0.1, 0.15) is 0 Å². The van der Waals surface area contributed by atoms with Crippen molar-refractivity contribution in [2.75, 3.05) is 0 Å².